The molecule has 2 N–H and O–H groups in total. The predicted octanol–water partition coefficient (Wildman–Crippen LogP) is 4.32. The largest absolute Gasteiger partial charge is 0.489 e. The van der Waals surface area contributed by atoms with Crippen LogP contribution in [0.4, 0.5) is 4.39 Å². The van der Waals surface area contributed by atoms with Gasteiger partial charge in [0.05, 0.1) is 5.02 Å². The van der Waals surface area contributed by atoms with E-state index in [1.807, 2.05) is 18.2 Å². The van der Waals surface area contributed by atoms with Crippen LogP contribution in [0.5, 0.6) is 5.75 Å². The Labute approximate surface area is 130 Å². The average molecular weight is 359 g/mol. The van der Waals surface area contributed by atoms with E-state index in [4.69, 9.17) is 22.1 Å². The van der Waals surface area contributed by atoms with Crippen LogP contribution in [-0.2, 0) is 13.0 Å². The molecule has 0 saturated heterocycles. The monoisotopic (exact) mass is 357 g/mol. The minimum absolute atomic E-state index is 0.294. The van der Waals surface area contributed by atoms with Crippen molar-refractivity contribution >= 4 is 27.5 Å². The van der Waals surface area contributed by atoms with E-state index in [0.717, 1.165) is 27.8 Å². The van der Waals surface area contributed by atoms with Crippen molar-refractivity contribution in [1.29, 1.82) is 0 Å². The van der Waals surface area contributed by atoms with E-state index in [0.29, 0.717) is 18.2 Å². The fourth-order valence-electron chi connectivity index (χ4n) is 1.79. The molecular weight excluding hydrogens is 345 g/mol. The van der Waals surface area contributed by atoms with Gasteiger partial charge in [-0.1, -0.05) is 33.6 Å². The summed E-state index contributed by atoms with van der Waals surface area (Å²) in [6, 6.07) is 9.99. The van der Waals surface area contributed by atoms with E-state index in [9.17, 15) is 4.39 Å². The fraction of sp³-hybridized carbons (Fsp3) is 0.200. The Bertz CT molecular complexity index is 606. The van der Waals surface area contributed by atoms with Crippen molar-refractivity contribution in [2.45, 2.75) is 13.0 Å². The van der Waals surface area contributed by atoms with Crippen molar-refractivity contribution in [2.75, 3.05) is 6.54 Å². The SMILES string of the molecule is NCCc1cc(OCc2ccc(F)cc2Cl)ccc1Br. The Morgan fingerprint density at radius 3 is 2.65 bits per heavy atom. The van der Waals surface area contributed by atoms with Gasteiger partial charge < -0.3 is 10.5 Å². The normalized spacial score (nSPS) is 10.6. The smallest absolute Gasteiger partial charge is 0.124 e. The summed E-state index contributed by atoms with van der Waals surface area (Å²) in [6.07, 6.45) is 0.773. The maximum Gasteiger partial charge on any atom is 0.124 e. The zero-order valence-electron chi connectivity index (χ0n) is 10.7. The first-order valence-corrected chi connectivity index (χ1v) is 7.32. The van der Waals surface area contributed by atoms with Crippen LogP contribution in [0.25, 0.3) is 0 Å². The first-order valence-electron chi connectivity index (χ1n) is 6.15. The summed E-state index contributed by atoms with van der Waals surface area (Å²) in [5, 5.41) is 0.365. The number of ether oxygens (including phenoxy) is 1. The summed E-state index contributed by atoms with van der Waals surface area (Å²) in [5.41, 5.74) is 7.40. The molecule has 0 heterocycles. The maximum atomic E-state index is 13.0. The number of halogens is 3. The number of nitrogens with two attached hydrogens (primary N) is 1. The lowest BCUT2D eigenvalue weighted by molar-refractivity contribution is 0.306. The topological polar surface area (TPSA) is 35.2 Å². The molecule has 0 radical (unpaired) electrons. The molecule has 5 heteroatoms. The van der Waals surface area contributed by atoms with Gasteiger partial charge in [0.15, 0.2) is 0 Å². The molecule has 0 fully saturated rings. The molecule has 106 valence electrons. The van der Waals surface area contributed by atoms with Gasteiger partial charge in [0.25, 0.3) is 0 Å². The summed E-state index contributed by atoms with van der Waals surface area (Å²) in [4.78, 5) is 0. The summed E-state index contributed by atoms with van der Waals surface area (Å²) in [6.45, 7) is 0.870. The van der Waals surface area contributed by atoms with Gasteiger partial charge >= 0.3 is 0 Å². The minimum atomic E-state index is -0.354. The van der Waals surface area contributed by atoms with Crippen LogP contribution in [0, 0.1) is 5.82 Å². The lowest BCUT2D eigenvalue weighted by Crippen LogP contribution is -2.04. The van der Waals surface area contributed by atoms with E-state index in [-0.39, 0.29) is 5.82 Å². The van der Waals surface area contributed by atoms with Crippen molar-refractivity contribution < 1.29 is 9.13 Å². The van der Waals surface area contributed by atoms with E-state index in [1.165, 1.54) is 12.1 Å². The highest BCUT2D eigenvalue weighted by Gasteiger charge is 2.05. The van der Waals surface area contributed by atoms with Crippen molar-refractivity contribution in [3.63, 3.8) is 0 Å². The Hall–Kier alpha value is -1.10. The second-order valence-electron chi connectivity index (χ2n) is 4.32. The highest BCUT2D eigenvalue weighted by atomic mass is 79.9. The molecule has 0 spiro atoms. The molecule has 0 amide bonds. The van der Waals surface area contributed by atoms with Gasteiger partial charge in [-0.15, -0.1) is 0 Å². The van der Waals surface area contributed by atoms with Gasteiger partial charge in [0.2, 0.25) is 0 Å². The summed E-state index contributed by atoms with van der Waals surface area (Å²) >= 11 is 9.43. The number of hydrogen-bond acceptors (Lipinski definition) is 2. The Kier molecular flexibility index (Phi) is 5.40. The second kappa shape index (κ2) is 7.07. The molecule has 0 atom stereocenters. The fourth-order valence-corrected chi connectivity index (χ4v) is 2.45. The van der Waals surface area contributed by atoms with Gasteiger partial charge in [0, 0.05) is 10.0 Å². The van der Waals surface area contributed by atoms with E-state index < -0.39 is 0 Å². The lowest BCUT2D eigenvalue weighted by atomic mass is 10.1. The Balaban J connectivity index is 2.08. The molecule has 0 saturated carbocycles. The average Bonchev–Trinajstić information content (AvgIpc) is 2.41. The third kappa shape index (κ3) is 3.95. The van der Waals surface area contributed by atoms with Gasteiger partial charge in [-0.05, 0) is 48.9 Å². The molecular formula is C15H14BrClFNO. The van der Waals surface area contributed by atoms with Gasteiger partial charge in [-0.25, -0.2) is 4.39 Å². The zero-order valence-corrected chi connectivity index (χ0v) is 13.0. The molecule has 2 rings (SSSR count). The van der Waals surface area contributed by atoms with E-state index in [1.54, 1.807) is 6.07 Å². The van der Waals surface area contributed by atoms with E-state index >= 15 is 0 Å². The van der Waals surface area contributed by atoms with Crippen molar-refractivity contribution in [3.8, 4) is 5.75 Å². The molecule has 2 nitrogen and oxygen atoms in total. The van der Waals surface area contributed by atoms with Crippen molar-refractivity contribution in [1.82, 2.24) is 0 Å². The van der Waals surface area contributed by atoms with Gasteiger partial charge in [0.1, 0.15) is 18.2 Å². The van der Waals surface area contributed by atoms with Crippen LogP contribution >= 0.6 is 27.5 Å². The van der Waals surface area contributed by atoms with Gasteiger partial charge in [-0.2, -0.15) is 0 Å². The van der Waals surface area contributed by atoms with Crippen LogP contribution < -0.4 is 10.5 Å². The molecule has 0 aliphatic carbocycles. The number of benzene rings is 2. The second-order valence-corrected chi connectivity index (χ2v) is 5.58. The number of hydrogen-bond donors (Lipinski definition) is 1. The van der Waals surface area contributed by atoms with E-state index in [2.05, 4.69) is 15.9 Å². The third-order valence-corrected chi connectivity index (χ3v) is 3.97. The Morgan fingerprint density at radius 2 is 1.95 bits per heavy atom. The first kappa shape index (κ1) is 15.3. The highest BCUT2D eigenvalue weighted by Crippen LogP contribution is 2.25. The van der Waals surface area contributed by atoms with Crippen LogP contribution in [0.2, 0.25) is 5.02 Å². The molecule has 20 heavy (non-hydrogen) atoms. The molecule has 0 aliphatic heterocycles. The number of rotatable bonds is 5. The lowest BCUT2D eigenvalue weighted by Gasteiger charge is -2.10. The highest BCUT2D eigenvalue weighted by molar-refractivity contribution is 9.10. The van der Waals surface area contributed by atoms with Crippen molar-refractivity contribution in [3.05, 3.63) is 62.8 Å². The standard InChI is InChI=1S/C15H14BrClFNO/c16-14-4-3-13(7-10(14)5-6-19)20-9-11-1-2-12(18)8-15(11)17/h1-4,7-8H,5-6,9,19H2. The molecule has 0 aromatic heterocycles. The van der Waals surface area contributed by atoms with Crippen LogP contribution in [-0.4, -0.2) is 6.54 Å². The maximum absolute atomic E-state index is 13.0. The molecule has 0 unspecified atom stereocenters. The quantitative estimate of drug-likeness (QED) is 0.864. The minimum Gasteiger partial charge on any atom is -0.489 e. The first-order chi connectivity index (χ1) is 9.60. The molecule has 0 aliphatic rings. The predicted molar refractivity (Wildman–Crippen MR) is 82.6 cm³/mol. The van der Waals surface area contributed by atoms with Gasteiger partial charge in [-0.3, -0.25) is 0 Å². The zero-order chi connectivity index (χ0) is 14.5. The molecule has 2 aromatic carbocycles. The summed E-state index contributed by atoms with van der Waals surface area (Å²) in [5.74, 6) is 0.379. The summed E-state index contributed by atoms with van der Waals surface area (Å²) in [7, 11) is 0. The van der Waals surface area contributed by atoms with Crippen molar-refractivity contribution in [2.24, 2.45) is 5.73 Å². The third-order valence-electron chi connectivity index (χ3n) is 2.84. The molecule has 0 bridgehead atoms. The van der Waals surface area contributed by atoms with Crippen LogP contribution in [0.1, 0.15) is 11.1 Å². The summed E-state index contributed by atoms with van der Waals surface area (Å²) < 4.78 is 19.6. The Morgan fingerprint density at radius 1 is 1.15 bits per heavy atom. The molecule has 2 aromatic rings. The van der Waals surface area contributed by atoms with Crippen LogP contribution in [0.15, 0.2) is 40.9 Å². The van der Waals surface area contributed by atoms with Crippen LogP contribution in [0.3, 0.4) is 0 Å².